The van der Waals surface area contributed by atoms with E-state index in [2.05, 4.69) is 4.98 Å². The van der Waals surface area contributed by atoms with Crippen molar-refractivity contribution in [2.24, 2.45) is 0 Å². The molecule has 1 heterocycles. The van der Waals surface area contributed by atoms with Crippen molar-refractivity contribution < 1.29 is 18.0 Å². The topological polar surface area (TPSA) is 30.0 Å². The summed E-state index contributed by atoms with van der Waals surface area (Å²) in [6.45, 7) is 0. The molecule has 0 spiro atoms. The molecule has 2 rings (SSSR count). The zero-order chi connectivity index (χ0) is 14.0. The molecule has 98 valence electrons. The number of pyridine rings is 1. The van der Waals surface area contributed by atoms with E-state index in [4.69, 9.17) is 11.6 Å². The van der Waals surface area contributed by atoms with Gasteiger partial charge in [0.15, 0.2) is 5.78 Å². The summed E-state index contributed by atoms with van der Waals surface area (Å²) in [7, 11) is 0. The monoisotopic (exact) mass is 285 g/mol. The van der Waals surface area contributed by atoms with Gasteiger partial charge in [-0.15, -0.1) is 0 Å². The van der Waals surface area contributed by atoms with Gasteiger partial charge in [-0.1, -0.05) is 41.9 Å². The van der Waals surface area contributed by atoms with E-state index in [0.717, 1.165) is 12.1 Å². The number of hydrogen-bond acceptors (Lipinski definition) is 2. The van der Waals surface area contributed by atoms with Crippen molar-refractivity contribution in [2.45, 2.75) is 6.18 Å². The first-order chi connectivity index (χ1) is 8.89. The van der Waals surface area contributed by atoms with Crippen molar-refractivity contribution in [2.75, 3.05) is 0 Å². The van der Waals surface area contributed by atoms with Crippen LogP contribution in [0, 0.1) is 0 Å². The molecule has 0 aliphatic heterocycles. The van der Waals surface area contributed by atoms with E-state index in [1.807, 2.05) is 0 Å². The van der Waals surface area contributed by atoms with Crippen LogP contribution in [0.2, 0.25) is 5.15 Å². The molecule has 0 unspecified atom stereocenters. The Labute approximate surface area is 111 Å². The first-order valence-electron chi connectivity index (χ1n) is 5.23. The minimum absolute atomic E-state index is 0.0548. The van der Waals surface area contributed by atoms with E-state index in [0.29, 0.717) is 5.56 Å². The van der Waals surface area contributed by atoms with E-state index in [-0.39, 0.29) is 5.56 Å². The van der Waals surface area contributed by atoms with E-state index in [1.165, 1.54) is 0 Å². The molecule has 0 aliphatic rings. The fourth-order valence-electron chi connectivity index (χ4n) is 1.51. The smallest absolute Gasteiger partial charge is 0.288 e. The molecular formula is C13H7ClF3NO. The van der Waals surface area contributed by atoms with Crippen LogP contribution >= 0.6 is 11.6 Å². The Bertz CT molecular complexity index is 611. The molecule has 1 aromatic carbocycles. The van der Waals surface area contributed by atoms with Crippen molar-refractivity contribution in [3.05, 3.63) is 64.4 Å². The molecule has 0 atom stereocenters. The van der Waals surface area contributed by atoms with Crippen molar-refractivity contribution in [1.29, 1.82) is 0 Å². The highest BCUT2D eigenvalue weighted by molar-refractivity contribution is 6.33. The van der Waals surface area contributed by atoms with Gasteiger partial charge in [0, 0.05) is 5.56 Å². The fourth-order valence-corrected chi connectivity index (χ4v) is 1.75. The molecule has 0 amide bonds. The Morgan fingerprint density at radius 1 is 1.05 bits per heavy atom. The molecule has 0 saturated carbocycles. The quantitative estimate of drug-likeness (QED) is 0.617. The lowest BCUT2D eigenvalue weighted by Gasteiger charge is -2.08. The van der Waals surface area contributed by atoms with E-state index in [9.17, 15) is 18.0 Å². The van der Waals surface area contributed by atoms with E-state index < -0.39 is 22.8 Å². The lowest BCUT2D eigenvalue weighted by atomic mass is 10.0. The Morgan fingerprint density at radius 2 is 1.68 bits per heavy atom. The van der Waals surface area contributed by atoms with Gasteiger partial charge >= 0.3 is 6.18 Å². The third-order valence-electron chi connectivity index (χ3n) is 2.42. The number of hydrogen-bond donors (Lipinski definition) is 0. The molecule has 19 heavy (non-hydrogen) atoms. The van der Waals surface area contributed by atoms with Crippen molar-refractivity contribution in [1.82, 2.24) is 4.98 Å². The zero-order valence-electron chi connectivity index (χ0n) is 9.41. The van der Waals surface area contributed by atoms with Gasteiger partial charge in [0.1, 0.15) is 10.8 Å². The predicted molar refractivity (Wildman–Crippen MR) is 64.1 cm³/mol. The third-order valence-corrected chi connectivity index (χ3v) is 2.71. The summed E-state index contributed by atoms with van der Waals surface area (Å²) in [4.78, 5) is 15.2. The highest BCUT2D eigenvalue weighted by Gasteiger charge is 2.33. The highest BCUT2D eigenvalue weighted by atomic mass is 35.5. The van der Waals surface area contributed by atoms with Gasteiger partial charge in [-0.05, 0) is 12.1 Å². The second-order valence-corrected chi connectivity index (χ2v) is 4.09. The average molecular weight is 286 g/mol. The third kappa shape index (κ3) is 2.93. The molecule has 0 N–H and O–H groups in total. The van der Waals surface area contributed by atoms with Gasteiger partial charge in [0.2, 0.25) is 0 Å². The van der Waals surface area contributed by atoms with Crippen LogP contribution in [0.5, 0.6) is 0 Å². The summed E-state index contributed by atoms with van der Waals surface area (Å²) in [6, 6.07) is 9.91. The summed E-state index contributed by atoms with van der Waals surface area (Å²) < 4.78 is 37.3. The number of aromatic nitrogens is 1. The summed E-state index contributed by atoms with van der Waals surface area (Å²) in [6.07, 6.45) is -4.59. The SMILES string of the molecule is O=C(c1ccccc1)c1ccc(C(F)(F)F)nc1Cl. The molecule has 6 heteroatoms. The number of benzene rings is 1. The number of carbonyl (C=O) groups excluding carboxylic acids is 1. The molecular weight excluding hydrogens is 279 g/mol. The average Bonchev–Trinajstić information content (AvgIpc) is 2.38. The Morgan fingerprint density at radius 3 is 2.21 bits per heavy atom. The molecule has 1 aromatic heterocycles. The molecule has 0 aliphatic carbocycles. The predicted octanol–water partition coefficient (Wildman–Crippen LogP) is 3.98. The fraction of sp³-hybridized carbons (Fsp3) is 0.0769. The Kier molecular flexibility index (Phi) is 3.57. The second kappa shape index (κ2) is 5.01. The van der Waals surface area contributed by atoms with E-state index in [1.54, 1.807) is 30.3 Å². The van der Waals surface area contributed by atoms with Gasteiger partial charge in [0.25, 0.3) is 0 Å². The molecule has 2 aromatic rings. The van der Waals surface area contributed by atoms with Crippen LogP contribution in [0.4, 0.5) is 13.2 Å². The Hall–Kier alpha value is -1.88. The summed E-state index contributed by atoms with van der Waals surface area (Å²) in [5.74, 6) is -0.466. The van der Waals surface area contributed by atoms with Crippen LogP contribution < -0.4 is 0 Å². The number of nitrogens with zero attached hydrogens (tertiary/aromatic N) is 1. The first-order valence-corrected chi connectivity index (χ1v) is 5.61. The molecule has 0 radical (unpaired) electrons. The van der Waals surface area contributed by atoms with Gasteiger partial charge in [-0.2, -0.15) is 13.2 Å². The minimum atomic E-state index is -4.59. The molecule has 2 nitrogen and oxygen atoms in total. The molecule has 0 saturated heterocycles. The van der Waals surface area contributed by atoms with Crippen LogP contribution in [0.15, 0.2) is 42.5 Å². The highest BCUT2D eigenvalue weighted by Crippen LogP contribution is 2.29. The number of ketones is 1. The molecule has 0 bridgehead atoms. The van der Waals surface area contributed by atoms with Crippen LogP contribution in [-0.2, 0) is 6.18 Å². The summed E-state index contributed by atoms with van der Waals surface area (Å²) in [5.41, 5.74) is -0.839. The standard InChI is InChI=1S/C13H7ClF3NO/c14-12-9(6-7-10(18-12)13(15,16)17)11(19)8-4-2-1-3-5-8/h1-7H. The number of rotatable bonds is 2. The lowest BCUT2D eigenvalue weighted by Crippen LogP contribution is -2.10. The maximum Gasteiger partial charge on any atom is 0.433 e. The number of carbonyl (C=O) groups is 1. The van der Waals surface area contributed by atoms with Crippen molar-refractivity contribution in [3.8, 4) is 0 Å². The normalized spacial score (nSPS) is 11.4. The van der Waals surface area contributed by atoms with Crippen molar-refractivity contribution >= 4 is 17.4 Å². The zero-order valence-corrected chi connectivity index (χ0v) is 10.2. The van der Waals surface area contributed by atoms with Gasteiger partial charge in [-0.3, -0.25) is 4.79 Å². The number of alkyl halides is 3. The number of halogens is 4. The van der Waals surface area contributed by atoms with Gasteiger partial charge < -0.3 is 0 Å². The van der Waals surface area contributed by atoms with E-state index >= 15 is 0 Å². The maximum absolute atomic E-state index is 12.4. The van der Waals surface area contributed by atoms with Crippen LogP contribution in [0.3, 0.4) is 0 Å². The Balaban J connectivity index is 2.40. The van der Waals surface area contributed by atoms with Crippen molar-refractivity contribution in [3.63, 3.8) is 0 Å². The molecule has 0 fully saturated rings. The summed E-state index contributed by atoms with van der Waals surface area (Å²) >= 11 is 5.65. The summed E-state index contributed by atoms with van der Waals surface area (Å²) in [5, 5.41) is -0.455. The van der Waals surface area contributed by atoms with Gasteiger partial charge in [0.05, 0.1) is 5.56 Å². The lowest BCUT2D eigenvalue weighted by molar-refractivity contribution is -0.141. The van der Waals surface area contributed by atoms with Crippen LogP contribution in [0.1, 0.15) is 21.6 Å². The maximum atomic E-state index is 12.4. The van der Waals surface area contributed by atoms with Gasteiger partial charge in [-0.25, -0.2) is 4.98 Å². The van der Waals surface area contributed by atoms with Crippen LogP contribution in [0.25, 0.3) is 0 Å². The largest absolute Gasteiger partial charge is 0.433 e. The first kappa shape index (κ1) is 13.5. The van der Waals surface area contributed by atoms with Crippen LogP contribution in [-0.4, -0.2) is 10.8 Å². The second-order valence-electron chi connectivity index (χ2n) is 3.73. The minimum Gasteiger partial charge on any atom is -0.288 e.